The lowest BCUT2D eigenvalue weighted by Gasteiger charge is -2.23. The topological polar surface area (TPSA) is 129 Å². The Morgan fingerprint density at radius 2 is 1.98 bits per heavy atom. The second-order valence-electron chi connectivity index (χ2n) is 10.4. The lowest BCUT2D eigenvalue weighted by Crippen LogP contribution is -2.21. The zero-order valence-corrected chi connectivity index (χ0v) is 26.4. The van der Waals surface area contributed by atoms with Gasteiger partial charge >= 0.3 is 6.01 Å². The molecule has 43 heavy (non-hydrogen) atoms. The Morgan fingerprint density at radius 3 is 2.65 bits per heavy atom. The van der Waals surface area contributed by atoms with E-state index in [1.165, 1.54) is 6.92 Å². The largest absolute Gasteiger partial charge is 0.491 e. The maximum atomic E-state index is 13.3. The molecule has 0 amide bonds. The number of hydrogen-bond donors (Lipinski definition) is 3. The normalized spacial score (nSPS) is 14.6. The summed E-state index contributed by atoms with van der Waals surface area (Å²) in [4.78, 5) is 20.6. The molecule has 0 saturated carbocycles. The van der Waals surface area contributed by atoms with Crippen molar-refractivity contribution in [1.82, 2.24) is 25.3 Å². The van der Waals surface area contributed by atoms with Crippen molar-refractivity contribution >= 4 is 39.9 Å². The molecule has 230 valence electrons. The number of nitrogens with zero attached hydrogens (tertiary/aromatic N) is 5. The number of rotatable bonds is 13. The van der Waals surface area contributed by atoms with Crippen LogP contribution in [0.4, 0.5) is 10.2 Å². The minimum absolute atomic E-state index is 0.121. The number of fused-ring (bicyclic) bond motifs is 1. The number of alkyl halides is 1. The van der Waals surface area contributed by atoms with Crippen LogP contribution >= 0.6 is 23.2 Å². The summed E-state index contributed by atoms with van der Waals surface area (Å²) in [5, 5.41) is 21.6. The summed E-state index contributed by atoms with van der Waals surface area (Å²) in [6.07, 6.45) is 1.44. The lowest BCUT2D eigenvalue weighted by molar-refractivity contribution is 0.0994. The third-order valence-electron chi connectivity index (χ3n) is 6.93. The van der Waals surface area contributed by atoms with E-state index in [2.05, 4.69) is 15.3 Å². The number of anilines is 1. The number of nitrogens with one attached hydrogen (secondary N) is 2. The summed E-state index contributed by atoms with van der Waals surface area (Å²) >= 11 is 12.8. The quantitative estimate of drug-likeness (QED) is 0.199. The number of aliphatic hydroxyl groups is 1. The summed E-state index contributed by atoms with van der Waals surface area (Å²) in [6, 6.07) is 5.31. The fourth-order valence-corrected chi connectivity index (χ4v) is 4.98. The molecule has 0 radical (unpaired) electrons. The molecule has 0 saturated heterocycles. The van der Waals surface area contributed by atoms with Crippen LogP contribution < -0.4 is 19.7 Å². The van der Waals surface area contributed by atoms with Crippen LogP contribution in [0.15, 0.2) is 30.0 Å². The highest BCUT2D eigenvalue weighted by molar-refractivity contribution is 6.69. The van der Waals surface area contributed by atoms with E-state index in [-0.39, 0.29) is 24.4 Å². The molecule has 1 aliphatic heterocycles. The second kappa shape index (κ2) is 14.3. The van der Waals surface area contributed by atoms with E-state index in [4.69, 9.17) is 48.1 Å². The van der Waals surface area contributed by atoms with Crippen LogP contribution in [-0.2, 0) is 13.1 Å². The second-order valence-corrected chi connectivity index (χ2v) is 11.2. The summed E-state index contributed by atoms with van der Waals surface area (Å²) < 4.78 is 24.6. The van der Waals surface area contributed by atoms with Gasteiger partial charge in [0.1, 0.15) is 36.1 Å². The molecule has 13 heteroatoms. The van der Waals surface area contributed by atoms with Gasteiger partial charge in [-0.25, -0.2) is 19.3 Å². The molecule has 0 fully saturated rings. The predicted molar refractivity (Wildman–Crippen MR) is 167 cm³/mol. The van der Waals surface area contributed by atoms with Crippen LogP contribution in [0.2, 0.25) is 5.02 Å². The van der Waals surface area contributed by atoms with Crippen LogP contribution in [-0.4, -0.2) is 62.8 Å². The minimum atomic E-state index is -1.14. The fourth-order valence-electron chi connectivity index (χ4n) is 4.69. The van der Waals surface area contributed by atoms with Gasteiger partial charge in [-0.05, 0) is 45.4 Å². The lowest BCUT2D eigenvalue weighted by atomic mass is 10.1. The number of aliphatic hydroxyl groups excluding tert-OH is 1. The number of ether oxygens (including phenoxy) is 2. The Labute approximate surface area is 260 Å². The van der Waals surface area contributed by atoms with Gasteiger partial charge in [-0.15, -0.1) is 0 Å². The van der Waals surface area contributed by atoms with Gasteiger partial charge in [0.15, 0.2) is 5.82 Å². The van der Waals surface area contributed by atoms with E-state index < -0.39 is 12.3 Å². The van der Waals surface area contributed by atoms with Gasteiger partial charge in [0.25, 0.3) is 0 Å². The van der Waals surface area contributed by atoms with Crippen molar-refractivity contribution in [2.45, 2.75) is 65.9 Å². The average molecular weight is 633 g/mol. The van der Waals surface area contributed by atoms with Crippen molar-refractivity contribution in [3.8, 4) is 23.1 Å². The summed E-state index contributed by atoms with van der Waals surface area (Å²) in [6.45, 7) is 7.95. The van der Waals surface area contributed by atoms with E-state index in [0.29, 0.717) is 64.5 Å². The van der Waals surface area contributed by atoms with Gasteiger partial charge in [0, 0.05) is 42.1 Å². The van der Waals surface area contributed by atoms with E-state index in [1.807, 2.05) is 18.7 Å². The molecule has 2 atom stereocenters. The van der Waals surface area contributed by atoms with Gasteiger partial charge < -0.3 is 24.8 Å². The molecular weight excluding hydrogens is 596 g/mol. The Bertz CT molecular complexity index is 1520. The van der Waals surface area contributed by atoms with E-state index in [9.17, 15) is 9.50 Å². The maximum Gasteiger partial charge on any atom is 0.316 e. The Hall–Kier alpha value is -3.54. The third-order valence-corrected chi connectivity index (χ3v) is 7.54. The summed E-state index contributed by atoms with van der Waals surface area (Å²) in [7, 11) is 1.74. The van der Waals surface area contributed by atoms with Gasteiger partial charge in [-0.1, -0.05) is 36.5 Å². The predicted octanol–water partition coefficient (Wildman–Crippen LogP) is 5.86. The molecular formula is C30H36Cl2FN7O3. The molecule has 3 N–H and O–H groups in total. The standard InChI is InChI=1S/C30H36Cl2FN7O3/c1-6-7-20(41)15-42-21-8-9-23(31)22(10-21)28-38-26(25(35-5)17(3)27(32)34)18(4)29(39-28)40-12-19-11-36-30(37-24(19)13-40)43-14-16(2)33/h8-11,16,20,34-35,41H,6-7,12-15H2,1-5H3/b25-17-,34-27?/t16?,20-/m1/s1. The SMILES string of the molecule is CCC[C@@H](O)COc1ccc(Cl)c(-c2nc(/C(NC)=C(\C)C(=N)Cl)c(C)c(N3Cc4cnc(OCC(C)F)nc4C3)n2)c1. The highest BCUT2D eigenvalue weighted by Gasteiger charge is 2.28. The number of allylic oxidation sites excluding steroid dienone is 1. The molecule has 1 aromatic carbocycles. The number of aromatic nitrogens is 4. The molecule has 10 nitrogen and oxygen atoms in total. The molecule has 0 bridgehead atoms. The van der Waals surface area contributed by atoms with Gasteiger partial charge in [0.2, 0.25) is 0 Å². The molecule has 3 heterocycles. The average Bonchev–Trinajstić information content (AvgIpc) is 3.40. The zero-order chi connectivity index (χ0) is 31.3. The van der Waals surface area contributed by atoms with Crippen LogP contribution in [0, 0.1) is 12.3 Å². The van der Waals surface area contributed by atoms with Crippen LogP contribution in [0.3, 0.4) is 0 Å². The fraction of sp³-hybridized carbons (Fsp3) is 0.433. The van der Waals surface area contributed by atoms with E-state index >= 15 is 0 Å². The number of hydrogen-bond acceptors (Lipinski definition) is 10. The van der Waals surface area contributed by atoms with Crippen molar-refractivity contribution in [1.29, 1.82) is 5.41 Å². The van der Waals surface area contributed by atoms with Crippen molar-refractivity contribution < 1.29 is 19.0 Å². The number of halogens is 3. The van der Waals surface area contributed by atoms with Crippen LogP contribution in [0.5, 0.6) is 11.8 Å². The van der Waals surface area contributed by atoms with E-state index in [1.54, 1.807) is 38.4 Å². The number of benzene rings is 1. The highest BCUT2D eigenvalue weighted by atomic mass is 35.5. The first-order valence-electron chi connectivity index (χ1n) is 14.0. The molecule has 1 aliphatic rings. The van der Waals surface area contributed by atoms with Crippen molar-refractivity contribution in [3.63, 3.8) is 0 Å². The maximum absolute atomic E-state index is 13.3. The molecule has 1 unspecified atom stereocenters. The third kappa shape index (κ3) is 7.70. The molecule has 0 aliphatic carbocycles. The smallest absolute Gasteiger partial charge is 0.316 e. The van der Waals surface area contributed by atoms with Crippen molar-refractivity contribution in [3.05, 3.63) is 57.5 Å². The first kappa shape index (κ1) is 32.4. The Balaban J connectivity index is 1.79. The van der Waals surface area contributed by atoms with Gasteiger partial charge in [0.05, 0.1) is 34.8 Å². The summed E-state index contributed by atoms with van der Waals surface area (Å²) in [5.41, 5.74) is 4.56. The van der Waals surface area contributed by atoms with E-state index in [0.717, 1.165) is 23.2 Å². The Kier molecular flexibility index (Phi) is 10.8. The first-order valence-corrected chi connectivity index (χ1v) is 14.8. The van der Waals surface area contributed by atoms with Gasteiger partial charge in [-0.3, -0.25) is 5.41 Å². The monoisotopic (exact) mass is 631 g/mol. The molecule has 2 aromatic heterocycles. The molecule has 0 spiro atoms. The van der Waals surface area contributed by atoms with Crippen molar-refractivity contribution in [2.24, 2.45) is 0 Å². The Morgan fingerprint density at radius 1 is 1.21 bits per heavy atom. The zero-order valence-electron chi connectivity index (χ0n) is 24.8. The van der Waals surface area contributed by atoms with Crippen LogP contribution in [0.25, 0.3) is 17.1 Å². The van der Waals surface area contributed by atoms with Gasteiger partial charge in [-0.2, -0.15) is 4.98 Å². The highest BCUT2D eigenvalue weighted by Crippen LogP contribution is 2.36. The molecule has 4 rings (SSSR count). The first-order chi connectivity index (χ1) is 20.5. The molecule has 3 aromatic rings. The minimum Gasteiger partial charge on any atom is -0.491 e. The van der Waals surface area contributed by atoms with Crippen LogP contribution in [0.1, 0.15) is 56.1 Å². The van der Waals surface area contributed by atoms with Crippen molar-refractivity contribution in [2.75, 3.05) is 25.2 Å². The summed E-state index contributed by atoms with van der Waals surface area (Å²) in [5.74, 6) is 1.48.